The van der Waals surface area contributed by atoms with Gasteiger partial charge in [-0.05, 0) is 46.9 Å². The summed E-state index contributed by atoms with van der Waals surface area (Å²) in [4.78, 5) is 36.7. The van der Waals surface area contributed by atoms with Crippen LogP contribution in [0.5, 0.6) is 0 Å². The average Bonchev–Trinajstić information content (AvgIpc) is 3.08. The van der Waals surface area contributed by atoms with Gasteiger partial charge in [0.25, 0.3) is 0 Å². The molecule has 7 nitrogen and oxygen atoms in total. The monoisotopic (exact) mass is 464 g/mol. The topological polar surface area (TPSA) is 105 Å². The number of carbonyl (C=O) groups is 3. The van der Waals surface area contributed by atoms with E-state index >= 15 is 0 Å². The van der Waals surface area contributed by atoms with E-state index in [-0.39, 0.29) is 42.7 Å². The van der Waals surface area contributed by atoms with Crippen molar-refractivity contribution in [3.05, 3.63) is 59.7 Å². The molecule has 2 aliphatic rings. The molecular formula is C27H32N2O5. The van der Waals surface area contributed by atoms with Gasteiger partial charge in [0.15, 0.2) is 0 Å². The number of hydrogen-bond acceptors (Lipinski definition) is 4. The van der Waals surface area contributed by atoms with Gasteiger partial charge in [0, 0.05) is 18.4 Å². The Hall–Kier alpha value is -3.35. The lowest BCUT2D eigenvalue weighted by Gasteiger charge is -2.34. The van der Waals surface area contributed by atoms with Gasteiger partial charge in [-0.1, -0.05) is 68.8 Å². The van der Waals surface area contributed by atoms with Crippen molar-refractivity contribution < 1.29 is 24.2 Å². The molecule has 2 atom stereocenters. The van der Waals surface area contributed by atoms with Crippen LogP contribution in [0.25, 0.3) is 11.1 Å². The highest BCUT2D eigenvalue weighted by atomic mass is 16.5. The number of carbonyl (C=O) groups excluding carboxylic acids is 2. The Kier molecular flexibility index (Phi) is 7.20. The summed E-state index contributed by atoms with van der Waals surface area (Å²) in [7, 11) is 0. The second-order valence-corrected chi connectivity index (χ2v) is 9.60. The lowest BCUT2D eigenvalue weighted by Crippen LogP contribution is -2.49. The Labute approximate surface area is 199 Å². The summed E-state index contributed by atoms with van der Waals surface area (Å²) in [6.45, 7) is 3.70. The van der Waals surface area contributed by atoms with E-state index in [1.54, 1.807) is 13.8 Å². The van der Waals surface area contributed by atoms with Crippen LogP contribution in [0.1, 0.15) is 56.6 Å². The van der Waals surface area contributed by atoms with E-state index < -0.39 is 18.1 Å². The number of fused-ring (bicyclic) bond motifs is 3. The van der Waals surface area contributed by atoms with Crippen LogP contribution in [0.4, 0.5) is 4.79 Å². The molecule has 0 heterocycles. The van der Waals surface area contributed by atoms with Crippen LogP contribution in [0.3, 0.4) is 0 Å². The number of hydrogen-bond donors (Lipinski definition) is 3. The summed E-state index contributed by atoms with van der Waals surface area (Å²) >= 11 is 0. The standard InChI is InChI=1S/C27H32N2O5/c1-16(2)25(26(31)32)29-24(30)14-23(17-8-7-9-17)28-27(33)34-15-22-20-12-5-3-10-18(20)19-11-4-6-13-21(19)22/h3-6,10-13,16-17,22-23,25H,7-9,14-15H2,1-2H3,(H,28,33)(H,29,30)(H,31,32)/t23?,25-/m1/s1. The maximum absolute atomic E-state index is 12.7. The first-order chi connectivity index (χ1) is 16.3. The molecule has 2 aromatic rings. The Morgan fingerprint density at radius 2 is 1.56 bits per heavy atom. The minimum absolute atomic E-state index is 0.0331. The van der Waals surface area contributed by atoms with Gasteiger partial charge in [-0.15, -0.1) is 0 Å². The van der Waals surface area contributed by atoms with E-state index in [1.807, 2.05) is 24.3 Å². The van der Waals surface area contributed by atoms with Crippen LogP contribution < -0.4 is 10.6 Å². The number of carboxylic acids is 1. The van der Waals surface area contributed by atoms with Crippen LogP contribution in [-0.4, -0.2) is 41.8 Å². The van der Waals surface area contributed by atoms with Crippen molar-refractivity contribution in [2.45, 2.75) is 57.5 Å². The predicted octanol–water partition coefficient (Wildman–Crippen LogP) is 4.31. The van der Waals surface area contributed by atoms with Crippen molar-refractivity contribution in [3.63, 3.8) is 0 Å². The summed E-state index contributed by atoms with van der Waals surface area (Å²) in [5, 5.41) is 14.8. The molecule has 0 radical (unpaired) electrons. The van der Waals surface area contributed by atoms with Gasteiger partial charge in [-0.25, -0.2) is 9.59 Å². The number of ether oxygens (including phenoxy) is 1. The Balaban J connectivity index is 1.38. The first-order valence-corrected chi connectivity index (χ1v) is 12.0. The first kappa shape index (κ1) is 23.8. The smallest absolute Gasteiger partial charge is 0.407 e. The zero-order chi connectivity index (χ0) is 24.2. The van der Waals surface area contributed by atoms with Crippen LogP contribution in [0.15, 0.2) is 48.5 Å². The van der Waals surface area contributed by atoms with E-state index in [9.17, 15) is 19.5 Å². The molecule has 0 saturated heterocycles. The summed E-state index contributed by atoms with van der Waals surface area (Å²) in [6, 6.07) is 15.0. The molecule has 1 saturated carbocycles. The van der Waals surface area contributed by atoms with Crippen molar-refractivity contribution >= 4 is 18.0 Å². The van der Waals surface area contributed by atoms with E-state index in [1.165, 1.54) is 0 Å². The Bertz CT molecular complexity index is 1020. The number of aliphatic carboxylic acids is 1. The fourth-order valence-corrected chi connectivity index (χ4v) is 4.91. The molecule has 2 aliphatic carbocycles. The predicted molar refractivity (Wildman–Crippen MR) is 128 cm³/mol. The molecule has 2 amide bonds. The molecule has 2 aromatic carbocycles. The third-order valence-corrected chi connectivity index (χ3v) is 7.02. The Morgan fingerprint density at radius 3 is 2.06 bits per heavy atom. The summed E-state index contributed by atoms with van der Waals surface area (Å²) in [5.74, 6) is -1.52. The minimum atomic E-state index is -1.06. The number of rotatable bonds is 9. The maximum Gasteiger partial charge on any atom is 0.407 e. The summed E-state index contributed by atoms with van der Waals surface area (Å²) in [5.41, 5.74) is 4.60. The van der Waals surface area contributed by atoms with Crippen LogP contribution in [0, 0.1) is 11.8 Å². The summed E-state index contributed by atoms with van der Waals surface area (Å²) in [6.07, 6.45) is 2.39. The van der Waals surface area contributed by atoms with Gasteiger partial charge in [-0.2, -0.15) is 0 Å². The third kappa shape index (κ3) is 5.08. The van der Waals surface area contributed by atoms with Gasteiger partial charge < -0.3 is 20.5 Å². The minimum Gasteiger partial charge on any atom is -0.480 e. The lowest BCUT2D eigenvalue weighted by atomic mass is 9.78. The number of nitrogens with one attached hydrogen (secondary N) is 2. The first-order valence-electron chi connectivity index (χ1n) is 12.0. The van der Waals surface area contributed by atoms with Gasteiger partial charge in [0.1, 0.15) is 12.6 Å². The van der Waals surface area contributed by atoms with Gasteiger partial charge in [-0.3, -0.25) is 4.79 Å². The number of carboxylic acid groups (broad SMARTS) is 1. The number of amides is 2. The molecule has 180 valence electrons. The summed E-state index contributed by atoms with van der Waals surface area (Å²) < 4.78 is 5.65. The molecule has 1 fully saturated rings. The highest BCUT2D eigenvalue weighted by Gasteiger charge is 2.33. The highest BCUT2D eigenvalue weighted by Crippen LogP contribution is 2.44. The zero-order valence-corrected chi connectivity index (χ0v) is 19.6. The third-order valence-electron chi connectivity index (χ3n) is 7.02. The van der Waals surface area contributed by atoms with Crippen LogP contribution >= 0.6 is 0 Å². The van der Waals surface area contributed by atoms with E-state index in [0.29, 0.717) is 0 Å². The van der Waals surface area contributed by atoms with Crippen molar-refractivity contribution in [1.29, 1.82) is 0 Å². The largest absolute Gasteiger partial charge is 0.480 e. The number of benzene rings is 2. The van der Waals surface area contributed by atoms with Gasteiger partial charge in [0.05, 0.1) is 0 Å². The van der Waals surface area contributed by atoms with Crippen molar-refractivity contribution in [1.82, 2.24) is 10.6 Å². The molecule has 3 N–H and O–H groups in total. The van der Waals surface area contributed by atoms with Crippen molar-refractivity contribution in [2.24, 2.45) is 11.8 Å². The molecule has 4 rings (SSSR count). The molecule has 34 heavy (non-hydrogen) atoms. The van der Waals surface area contributed by atoms with E-state index in [4.69, 9.17) is 4.74 Å². The molecule has 7 heteroatoms. The molecular weight excluding hydrogens is 432 g/mol. The molecule has 0 bridgehead atoms. The van der Waals surface area contributed by atoms with E-state index in [0.717, 1.165) is 41.5 Å². The highest BCUT2D eigenvalue weighted by molar-refractivity contribution is 5.84. The van der Waals surface area contributed by atoms with Gasteiger partial charge >= 0.3 is 12.1 Å². The molecule has 0 aliphatic heterocycles. The number of alkyl carbamates (subject to hydrolysis) is 1. The Morgan fingerprint density at radius 1 is 0.971 bits per heavy atom. The normalized spacial score (nSPS) is 16.7. The molecule has 0 aromatic heterocycles. The molecule has 1 unspecified atom stereocenters. The van der Waals surface area contributed by atoms with Crippen LogP contribution in [-0.2, 0) is 14.3 Å². The second-order valence-electron chi connectivity index (χ2n) is 9.60. The quantitative estimate of drug-likeness (QED) is 0.513. The SMILES string of the molecule is CC(C)[C@@H](NC(=O)CC(NC(=O)OCC1c2ccccc2-c2ccccc21)C1CCC1)C(=O)O. The zero-order valence-electron chi connectivity index (χ0n) is 19.6. The fourth-order valence-electron chi connectivity index (χ4n) is 4.91. The van der Waals surface area contributed by atoms with Crippen molar-refractivity contribution in [2.75, 3.05) is 6.61 Å². The molecule has 0 spiro atoms. The fraction of sp³-hybridized carbons (Fsp3) is 0.444. The van der Waals surface area contributed by atoms with E-state index in [2.05, 4.69) is 34.9 Å². The van der Waals surface area contributed by atoms with Crippen LogP contribution in [0.2, 0.25) is 0 Å². The lowest BCUT2D eigenvalue weighted by molar-refractivity contribution is -0.143. The van der Waals surface area contributed by atoms with Gasteiger partial charge in [0.2, 0.25) is 5.91 Å². The second kappa shape index (κ2) is 10.3. The average molecular weight is 465 g/mol. The van der Waals surface area contributed by atoms with Crippen molar-refractivity contribution in [3.8, 4) is 11.1 Å². The maximum atomic E-state index is 12.7.